The van der Waals surface area contributed by atoms with Crippen molar-refractivity contribution in [3.8, 4) is 23.6 Å². The number of nitriles is 2. The zero-order valence-electron chi connectivity index (χ0n) is 31.9. The number of carbonyl (C=O) groups is 2. The lowest BCUT2D eigenvalue weighted by Crippen LogP contribution is -2.52. The lowest BCUT2D eigenvalue weighted by atomic mass is 9.75. The summed E-state index contributed by atoms with van der Waals surface area (Å²) in [4.78, 5) is 38.7. The third-order valence-electron chi connectivity index (χ3n) is 12.4. The van der Waals surface area contributed by atoms with Crippen molar-refractivity contribution in [1.29, 1.82) is 10.5 Å². The molecule has 4 aliphatic rings. The molecule has 3 fully saturated rings. The maximum Gasteiger partial charge on any atom is 0.239 e. The van der Waals surface area contributed by atoms with E-state index in [4.69, 9.17) is 0 Å². The van der Waals surface area contributed by atoms with E-state index in [1.54, 1.807) is 34.7 Å². The van der Waals surface area contributed by atoms with Crippen LogP contribution in [-0.2, 0) is 15.0 Å². The molecule has 2 saturated heterocycles. The monoisotopic (exact) mass is 764 g/mol. The van der Waals surface area contributed by atoms with Crippen LogP contribution in [0.15, 0.2) is 55.1 Å². The molecule has 3 N–H and O–H groups in total. The minimum Gasteiger partial charge on any atom is -0.383 e. The summed E-state index contributed by atoms with van der Waals surface area (Å²) in [6, 6.07) is 13.8. The number of hydrogen-bond acceptors (Lipinski definition) is 13. The van der Waals surface area contributed by atoms with Gasteiger partial charge in [-0.2, -0.15) is 20.3 Å². The van der Waals surface area contributed by atoms with Crippen LogP contribution in [-0.4, -0.2) is 96.8 Å². The molecule has 1 unspecified atom stereocenters. The highest BCUT2D eigenvalue weighted by Gasteiger charge is 2.48. The number of pyridine rings is 2. The number of imide groups is 1. The van der Waals surface area contributed by atoms with Gasteiger partial charge in [0.15, 0.2) is 11.5 Å². The fourth-order valence-corrected chi connectivity index (χ4v) is 9.00. The summed E-state index contributed by atoms with van der Waals surface area (Å²) in [6.45, 7) is 7.41. The molecule has 5 aromatic rings. The Kier molecular flexibility index (Phi) is 9.50. The summed E-state index contributed by atoms with van der Waals surface area (Å²) in [7, 11) is 0. The molecule has 16 heteroatoms. The first-order chi connectivity index (χ1) is 27.8. The quantitative estimate of drug-likeness (QED) is 0.181. The highest BCUT2D eigenvalue weighted by Crippen LogP contribution is 2.44. The molecule has 3 aliphatic heterocycles. The molecule has 2 atom stereocenters. The lowest BCUT2D eigenvalue weighted by molar-refractivity contribution is -0.137. The lowest BCUT2D eigenvalue weighted by Gasteiger charge is -2.37. The van der Waals surface area contributed by atoms with Crippen LogP contribution in [0.2, 0.25) is 0 Å². The normalized spacial score (nSPS) is 22.8. The Balaban J connectivity index is 0.782. The summed E-state index contributed by atoms with van der Waals surface area (Å²) in [5.41, 5.74) is 5.88. The summed E-state index contributed by atoms with van der Waals surface area (Å²) in [6.07, 6.45) is 13.4. The predicted octanol–water partition coefficient (Wildman–Crippen LogP) is 4.18. The SMILES string of the molecule is C[C@H](C#N)Nc1cc(-n2ncc3cc(C#N)cnc32)ncc1-n1cc(C2CCC(CCN3CCN(c4ccc5c(c4)NCC54CCC(=O)NC4=O)CC3)CC2)nn1. The minimum absolute atomic E-state index is 0.184. The van der Waals surface area contributed by atoms with E-state index in [2.05, 4.69) is 81.5 Å². The number of anilines is 3. The van der Waals surface area contributed by atoms with Crippen LogP contribution in [0.3, 0.4) is 0 Å². The minimum atomic E-state index is -0.647. The molecular weight excluding hydrogens is 721 g/mol. The third-order valence-corrected chi connectivity index (χ3v) is 12.4. The van der Waals surface area contributed by atoms with E-state index in [-0.39, 0.29) is 11.8 Å². The van der Waals surface area contributed by atoms with Crippen molar-refractivity contribution in [3.05, 3.63) is 71.9 Å². The number of piperidine rings is 1. The van der Waals surface area contributed by atoms with Gasteiger partial charge in [0.25, 0.3) is 0 Å². The number of amides is 2. The van der Waals surface area contributed by atoms with Gasteiger partial charge in [-0.1, -0.05) is 11.3 Å². The number of aromatic nitrogens is 7. The van der Waals surface area contributed by atoms with Gasteiger partial charge < -0.3 is 15.5 Å². The first kappa shape index (κ1) is 36.3. The first-order valence-electron chi connectivity index (χ1n) is 19.8. The van der Waals surface area contributed by atoms with Gasteiger partial charge in [-0.3, -0.25) is 19.8 Å². The second kappa shape index (κ2) is 14.9. The molecule has 290 valence electrons. The predicted molar refractivity (Wildman–Crippen MR) is 212 cm³/mol. The van der Waals surface area contributed by atoms with Crippen molar-refractivity contribution in [2.75, 3.05) is 54.8 Å². The van der Waals surface area contributed by atoms with Crippen LogP contribution in [0.25, 0.3) is 22.5 Å². The van der Waals surface area contributed by atoms with Crippen molar-refractivity contribution < 1.29 is 9.59 Å². The molecule has 1 aromatic carbocycles. The van der Waals surface area contributed by atoms with Gasteiger partial charge in [-0.15, -0.1) is 5.10 Å². The van der Waals surface area contributed by atoms with Crippen LogP contribution < -0.4 is 20.9 Å². The maximum absolute atomic E-state index is 12.8. The van der Waals surface area contributed by atoms with E-state index in [0.29, 0.717) is 59.6 Å². The summed E-state index contributed by atoms with van der Waals surface area (Å²) in [5.74, 6) is 1.18. The largest absolute Gasteiger partial charge is 0.383 e. The van der Waals surface area contributed by atoms with Gasteiger partial charge in [0.05, 0.1) is 47.0 Å². The van der Waals surface area contributed by atoms with Gasteiger partial charge in [0.2, 0.25) is 11.8 Å². The number of carbonyl (C=O) groups excluding carboxylic acids is 2. The fraction of sp³-hybridized carbons (Fsp3) is 0.439. The number of rotatable bonds is 9. The van der Waals surface area contributed by atoms with Gasteiger partial charge in [0.1, 0.15) is 17.8 Å². The molecule has 1 spiro atoms. The Morgan fingerprint density at radius 3 is 2.65 bits per heavy atom. The van der Waals surface area contributed by atoms with Crippen LogP contribution in [0.4, 0.5) is 17.1 Å². The topological polar surface area (TPSA) is 199 Å². The highest BCUT2D eigenvalue weighted by molar-refractivity contribution is 6.05. The third kappa shape index (κ3) is 6.91. The van der Waals surface area contributed by atoms with Crippen LogP contribution >= 0.6 is 0 Å². The highest BCUT2D eigenvalue weighted by atomic mass is 16.2. The molecule has 0 radical (unpaired) electrons. The number of piperazine rings is 1. The van der Waals surface area contributed by atoms with Gasteiger partial charge in [0, 0.05) is 74.1 Å². The average Bonchev–Trinajstić information content (AvgIpc) is 4.00. The Morgan fingerprint density at radius 2 is 1.86 bits per heavy atom. The smallest absolute Gasteiger partial charge is 0.239 e. The van der Waals surface area contributed by atoms with E-state index in [1.165, 1.54) is 18.3 Å². The number of fused-ring (bicyclic) bond motifs is 3. The second-order valence-electron chi connectivity index (χ2n) is 15.8. The molecule has 4 aromatic heterocycles. The number of benzene rings is 1. The molecule has 1 saturated carbocycles. The van der Waals surface area contributed by atoms with Crippen molar-refractivity contribution in [2.24, 2.45) is 5.92 Å². The molecule has 9 rings (SSSR count). The summed E-state index contributed by atoms with van der Waals surface area (Å²) >= 11 is 0. The van der Waals surface area contributed by atoms with E-state index in [0.717, 1.165) is 80.7 Å². The first-order valence-corrected chi connectivity index (χ1v) is 19.8. The number of nitrogens with zero attached hydrogens (tertiary/aromatic N) is 11. The second-order valence-corrected chi connectivity index (χ2v) is 15.8. The van der Waals surface area contributed by atoms with Gasteiger partial charge in [-0.25, -0.2) is 14.6 Å². The number of hydrogen-bond donors (Lipinski definition) is 3. The molecule has 1 aliphatic carbocycles. The summed E-state index contributed by atoms with van der Waals surface area (Å²) < 4.78 is 3.35. The molecule has 2 amide bonds. The van der Waals surface area contributed by atoms with Gasteiger partial charge >= 0.3 is 0 Å². The number of nitrogens with one attached hydrogen (secondary N) is 3. The van der Waals surface area contributed by atoms with E-state index < -0.39 is 11.5 Å². The van der Waals surface area contributed by atoms with Crippen molar-refractivity contribution in [1.82, 2.24) is 45.0 Å². The van der Waals surface area contributed by atoms with Crippen molar-refractivity contribution in [2.45, 2.75) is 69.2 Å². The van der Waals surface area contributed by atoms with Gasteiger partial charge in [-0.05, 0) is 81.7 Å². The Bertz CT molecular complexity index is 2430. The van der Waals surface area contributed by atoms with Crippen LogP contribution in [0.1, 0.15) is 74.6 Å². The van der Waals surface area contributed by atoms with E-state index in [1.807, 2.05) is 12.3 Å². The Labute approximate surface area is 329 Å². The Hall–Kier alpha value is -6.39. The maximum atomic E-state index is 12.8. The van der Waals surface area contributed by atoms with E-state index >= 15 is 0 Å². The fourth-order valence-electron chi connectivity index (χ4n) is 9.00. The van der Waals surface area contributed by atoms with Crippen LogP contribution in [0, 0.1) is 28.6 Å². The Morgan fingerprint density at radius 1 is 1.02 bits per heavy atom. The standard InChI is InChI=1S/C41H44N14O2/c1-26(19-42)48-34-18-37(55-39-30(22-47-55)16-28(20-43)21-45-39)44-23-36(34)54-24-35(50-51-54)29-4-2-27(3-5-29)9-11-52-12-14-53(15-13-52)31-6-7-32-33(17-31)46-25-41(32)10-8-38(56)49-40(41)57/h6-7,16-18,21-24,26-27,29,46H,2-5,8-15,25H2,1H3,(H,44,48)(H,49,56,57)/t26-,27?,29?,41?/m1/s1. The molecule has 16 nitrogen and oxygen atoms in total. The zero-order valence-corrected chi connectivity index (χ0v) is 31.9. The summed E-state index contributed by atoms with van der Waals surface area (Å²) in [5, 5.41) is 42.4. The van der Waals surface area contributed by atoms with Crippen molar-refractivity contribution >= 4 is 39.9 Å². The molecule has 57 heavy (non-hydrogen) atoms. The van der Waals surface area contributed by atoms with Crippen LogP contribution in [0.5, 0.6) is 0 Å². The van der Waals surface area contributed by atoms with E-state index in [9.17, 15) is 20.1 Å². The molecule has 0 bridgehead atoms. The molecular formula is C41H44N14O2. The zero-order chi connectivity index (χ0) is 39.1. The van der Waals surface area contributed by atoms with Crippen molar-refractivity contribution in [3.63, 3.8) is 0 Å². The molecule has 7 heterocycles. The average molecular weight is 765 g/mol.